The number of hydrogen-bond donors (Lipinski definition) is 0. The van der Waals surface area contributed by atoms with E-state index >= 15 is 0 Å². The monoisotopic (exact) mass is 791 g/mol. The Labute approximate surface area is 358 Å². The number of benzene rings is 9. The van der Waals surface area contributed by atoms with Gasteiger partial charge in [0.1, 0.15) is 0 Å². The first-order valence-corrected chi connectivity index (χ1v) is 20.9. The van der Waals surface area contributed by atoms with Crippen molar-refractivity contribution >= 4 is 43.5 Å². The molecular formula is C57H37N5. The molecule has 0 saturated heterocycles. The molecule has 3 heterocycles. The highest BCUT2D eigenvalue weighted by atomic mass is 15.0. The van der Waals surface area contributed by atoms with Crippen molar-refractivity contribution < 1.29 is 0 Å². The summed E-state index contributed by atoms with van der Waals surface area (Å²) in [7, 11) is 0. The maximum atomic E-state index is 5.24. The summed E-state index contributed by atoms with van der Waals surface area (Å²) in [6.45, 7) is 0. The Bertz CT molecular complexity index is 3520. The summed E-state index contributed by atoms with van der Waals surface area (Å²) in [5, 5.41) is 6.08. The molecule has 0 spiro atoms. The van der Waals surface area contributed by atoms with E-state index in [0.717, 1.165) is 61.4 Å². The first-order chi connectivity index (χ1) is 30.7. The lowest BCUT2D eigenvalue weighted by atomic mass is 10.0. The minimum Gasteiger partial charge on any atom is -0.316 e. The van der Waals surface area contributed by atoms with Crippen LogP contribution in [0, 0.1) is 0 Å². The van der Waals surface area contributed by atoms with Gasteiger partial charge in [-0.3, -0.25) is 0 Å². The van der Waals surface area contributed by atoms with Gasteiger partial charge in [0, 0.05) is 55.8 Å². The highest BCUT2D eigenvalue weighted by Gasteiger charge is 2.20. The van der Waals surface area contributed by atoms with Gasteiger partial charge < -0.3 is 9.13 Å². The highest BCUT2D eigenvalue weighted by molar-refractivity contribution is 6.27. The van der Waals surface area contributed by atoms with Crippen LogP contribution < -0.4 is 0 Å². The molecule has 0 bridgehead atoms. The second-order valence-electron chi connectivity index (χ2n) is 15.7. The summed E-state index contributed by atoms with van der Waals surface area (Å²) in [4.78, 5) is 15.6. The number of nitrogens with zero attached hydrogens (tertiary/aromatic N) is 5. The SMILES string of the molecule is c1ccc(-c2cccc(-c3nc(-c4cccc(-c5ccccc5)c4)nc(-c4cccc(-n5c6ccccc6c6c7c(ccc8ccn(-c9ccccc9)c87)ccc65)c4)n3)c2)cc1. The van der Waals surface area contributed by atoms with Crippen LogP contribution in [0.25, 0.3) is 111 Å². The van der Waals surface area contributed by atoms with Crippen LogP contribution in [-0.4, -0.2) is 24.1 Å². The van der Waals surface area contributed by atoms with Gasteiger partial charge in [0.05, 0.1) is 16.6 Å². The van der Waals surface area contributed by atoms with Gasteiger partial charge >= 0.3 is 0 Å². The van der Waals surface area contributed by atoms with Crippen molar-refractivity contribution in [2.45, 2.75) is 0 Å². The molecule has 12 aromatic rings. The number of hydrogen-bond acceptors (Lipinski definition) is 3. The standard InChI is InChI=1S/C57H37N5/c1-4-15-38(16-5-1)42-19-12-21-44(35-42)55-58-56(45-22-13-20-43(36-45)39-17-6-2-7-18-39)60-57(59-55)46-23-14-26-48(37-46)62-50-28-11-10-27-49(50)53-51(62)32-31-40-29-30-41-33-34-61(54(41)52(40)53)47-24-8-3-9-25-47/h1-37H. The zero-order valence-electron chi connectivity index (χ0n) is 33.6. The molecule has 0 N–H and O–H groups in total. The molecule has 0 unspecified atom stereocenters. The minimum absolute atomic E-state index is 0.607. The topological polar surface area (TPSA) is 48.5 Å². The average Bonchev–Trinajstić information content (AvgIpc) is 3.95. The van der Waals surface area contributed by atoms with Crippen LogP contribution in [0.2, 0.25) is 0 Å². The van der Waals surface area contributed by atoms with Gasteiger partial charge in [-0.15, -0.1) is 0 Å². The third-order valence-corrected chi connectivity index (χ3v) is 12.0. The number of fused-ring (bicyclic) bond motifs is 7. The normalized spacial score (nSPS) is 11.5. The molecular weight excluding hydrogens is 755 g/mol. The molecule has 12 rings (SSSR count). The van der Waals surface area contributed by atoms with Gasteiger partial charge in [-0.25, -0.2) is 15.0 Å². The minimum atomic E-state index is 0.607. The third kappa shape index (κ3) is 6.06. The van der Waals surface area contributed by atoms with E-state index in [9.17, 15) is 0 Å². The van der Waals surface area contributed by atoms with Crippen LogP contribution in [0.3, 0.4) is 0 Å². The summed E-state index contributed by atoms with van der Waals surface area (Å²) >= 11 is 0. The third-order valence-electron chi connectivity index (χ3n) is 12.0. The maximum Gasteiger partial charge on any atom is 0.164 e. The second-order valence-corrected chi connectivity index (χ2v) is 15.7. The summed E-state index contributed by atoms with van der Waals surface area (Å²) in [6, 6.07) is 77.0. The van der Waals surface area contributed by atoms with Gasteiger partial charge in [0.15, 0.2) is 17.5 Å². The van der Waals surface area contributed by atoms with Crippen LogP contribution in [0.15, 0.2) is 225 Å². The van der Waals surface area contributed by atoms with Crippen LogP contribution in [0.4, 0.5) is 0 Å². The zero-order valence-corrected chi connectivity index (χ0v) is 33.6. The molecule has 0 aliphatic rings. The molecule has 62 heavy (non-hydrogen) atoms. The molecule has 0 fully saturated rings. The van der Waals surface area contributed by atoms with E-state index in [0.29, 0.717) is 17.5 Å². The fourth-order valence-electron chi connectivity index (χ4n) is 9.06. The maximum absolute atomic E-state index is 5.24. The smallest absolute Gasteiger partial charge is 0.164 e. The van der Waals surface area contributed by atoms with E-state index in [1.165, 1.54) is 32.4 Å². The molecule has 0 aliphatic heterocycles. The summed E-state index contributed by atoms with van der Waals surface area (Å²) in [5.41, 5.74) is 12.9. The van der Waals surface area contributed by atoms with E-state index in [1.807, 2.05) is 12.1 Å². The second kappa shape index (κ2) is 14.7. The fraction of sp³-hybridized carbons (Fsp3) is 0. The molecule has 0 aliphatic carbocycles. The summed E-state index contributed by atoms with van der Waals surface area (Å²) < 4.78 is 4.71. The zero-order chi connectivity index (χ0) is 41.0. The Kier molecular flexibility index (Phi) is 8.42. The highest BCUT2D eigenvalue weighted by Crippen LogP contribution is 2.41. The van der Waals surface area contributed by atoms with Crippen LogP contribution in [0.5, 0.6) is 0 Å². The van der Waals surface area contributed by atoms with Gasteiger partial charge in [0.2, 0.25) is 0 Å². The molecule has 3 aromatic heterocycles. The first kappa shape index (κ1) is 35.5. The molecule has 0 saturated carbocycles. The molecule has 290 valence electrons. The van der Waals surface area contributed by atoms with Crippen molar-refractivity contribution in [3.8, 4) is 67.8 Å². The summed E-state index contributed by atoms with van der Waals surface area (Å²) in [5.74, 6) is 1.84. The average molecular weight is 792 g/mol. The first-order valence-electron chi connectivity index (χ1n) is 20.9. The van der Waals surface area contributed by atoms with E-state index in [2.05, 4.69) is 222 Å². The van der Waals surface area contributed by atoms with Crippen molar-refractivity contribution in [2.75, 3.05) is 0 Å². The largest absolute Gasteiger partial charge is 0.316 e. The van der Waals surface area contributed by atoms with Crippen LogP contribution in [0.1, 0.15) is 0 Å². The Hall–Kier alpha value is -8.41. The van der Waals surface area contributed by atoms with Crippen molar-refractivity contribution in [1.82, 2.24) is 24.1 Å². The van der Waals surface area contributed by atoms with E-state index < -0.39 is 0 Å². The molecule has 0 amide bonds. The Balaban J connectivity index is 1.06. The van der Waals surface area contributed by atoms with Crippen molar-refractivity contribution in [2.24, 2.45) is 0 Å². The van der Waals surface area contributed by atoms with Crippen molar-refractivity contribution in [1.29, 1.82) is 0 Å². The van der Waals surface area contributed by atoms with Gasteiger partial charge in [0.25, 0.3) is 0 Å². The molecule has 0 atom stereocenters. The number of aromatic nitrogens is 5. The Morgan fingerprint density at radius 2 is 0.790 bits per heavy atom. The Morgan fingerprint density at radius 1 is 0.306 bits per heavy atom. The quantitative estimate of drug-likeness (QED) is 0.162. The van der Waals surface area contributed by atoms with Crippen LogP contribution >= 0.6 is 0 Å². The van der Waals surface area contributed by atoms with E-state index in [1.54, 1.807) is 0 Å². The van der Waals surface area contributed by atoms with Crippen molar-refractivity contribution in [3.05, 3.63) is 225 Å². The Morgan fingerprint density at radius 3 is 1.44 bits per heavy atom. The predicted molar refractivity (Wildman–Crippen MR) is 256 cm³/mol. The van der Waals surface area contributed by atoms with Crippen molar-refractivity contribution in [3.63, 3.8) is 0 Å². The van der Waals surface area contributed by atoms with Gasteiger partial charge in [-0.1, -0.05) is 164 Å². The molecule has 9 aromatic carbocycles. The molecule has 5 heteroatoms. The lowest BCUT2D eigenvalue weighted by Crippen LogP contribution is -2.01. The van der Waals surface area contributed by atoms with Crippen LogP contribution in [-0.2, 0) is 0 Å². The summed E-state index contributed by atoms with van der Waals surface area (Å²) in [6.07, 6.45) is 2.19. The predicted octanol–water partition coefficient (Wildman–Crippen LogP) is 14.4. The fourth-order valence-corrected chi connectivity index (χ4v) is 9.06. The van der Waals surface area contributed by atoms with Gasteiger partial charge in [-0.05, 0) is 82.2 Å². The number of para-hydroxylation sites is 2. The molecule has 5 nitrogen and oxygen atoms in total. The lowest BCUT2D eigenvalue weighted by molar-refractivity contribution is 1.07. The lowest BCUT2D eigenvalue weighted by Gasteiger charge is -2.13. The number of rotatable bonds is 7. The molecule has 0 radical (unpaired) electrons. The van der Waals surface area contributed by atoms with E-state index in [4.69, 9.17) is 15.0 Å². The van der Waals surface area contributed by atoms with E-state index in [-0.39, 0.29) is 0 Å². The van der Waals surface area contributed by atoms with Gasteiger partial charge in [-0.2, -0.15) is 0 Å².